The van der Waals surface area contributed by atoms with Crippen molar-refractivity contribution >= 4 is 39.1 Å². The second kappa shape index (κ2) is 14.2. The molecule has 3 aromatic rings. The number of anilines is 1. The molecular formula is C30H36ClN3O5S. The number of methoxy groups -OCH3 is 1. The molecule has 0 radical (unpaired) electrons. The van der Waals surface area contributed by atoms with Gasteiger partial charge in [0, 0.05) is 24.5 Å². The van der Waals surface area contributed by atoms with Crippen LogP contribution in [0.15, 0.2) is 72.8 Å². The van der Waals surface area contributed by atoms with Gasteiger partial charge in [-0.3, -0.25) is 13.9 Å². The third-order valence-electron chi connectivity index (χ3n) is 6.51. The molecule has 8 nitrogen and oxygen atoms in total. The number of nitrogens with one attached hydrogen (secondary N) is 1. The first-order chi connectivity index (χ1) is 19.0. The Hall–Kier alpha value is -3.56. The smallest absolute Gasteiger partial charge is 0.244 e. The van der Waals surface area contributed by atoms with E-state index in [1.165, 1.54) is 18.1 Å². The highest BCUT2D eigenvalue weighted by Gasteiger charge is 2.33. The average molecular weight is 586 g/mol. The lowest BCUT2D eigenvalue weighted by Crippen LogP contribution is -2.53. The zero-order valence-corrected chi connectivity index (χ0v) is 24.8. The molecule has 0 aliphatic carbocycles. The van der Waals surface area contributed by atoms with Crippen LogP contribution in [0.2, 0.25) is 5.02 Å². The molecule has 1 N–H and O–H groups in total. The maximum Gasteiger partial charge on any atom is 0.244 e. The lowest BCUT2D eigenvalue weighted by Gasteiger charge is -2.34. The Labute approximate surface area is 241 Å². The Balaban J connectivity index is 2.09. The van der Waals surface area contributed by atoms with Crippen LogP contribution in [-0.4, -0.2) is 57.6 Å². The molecule has 0 aromatic heterocycles. The number of aryl methyl sites for hydroxylation is 1. The van der Waals surface area contributed by atoms with Crippen LogP contribution >= 0.6 is 11.6 Å². The molecule has 0 unspecified atom stereocenters. The van der Waals surface area contributed by atoms with Gasteiger partial charge >= 0.3 is 0 Å². The van der Waals surface area contributed by atoms with Crippen LogP contribution in [0.25, 0.3) is 0 Å². The Bertz CT molecular complexity index is 1420. The standard InChI is InChI=1S/C30H36ClN3O5S/c1-5-17-32-30(36)27(18-23-12-7-6-8-13-23)33(20-24-14-10-9-11-22(24)2)29(35)21-34(40(4,37)38)26-19-25(31)15-16-28(26)39-3/h6-16,19,27H,5,17-18,20-21H2,1-4H3,(H,32,36)/t27-/m0/s1. The van der Waals surface area contributed by atoms with Crippen molar-refractivity contribution in [1.82, 2.24) is 10.2 Å². The van der Waals surface area contributed by atoms with E-state index in [4.69, 9.17) is 16.3 Å². The number of hydrogen-bond acceptors (Lipinski definition) is 5. The van der Waals surface area contributed by atoms with Gasteiger partial charge in [0.25, 0.3) is 0 Å². The fourth-order valence-corrected chi connectivity index (χ4v) is 5.36. The summed E-state index contributed by atoms with van der Waals surface area (Å²) in [7, 11) is -2.54. The van der Waals surface area contributed by atoms with Crippen molar-refractivity contribution in [3.05, 3.63) is 94.5 Å². The molecule has 0 fully saturated rings. The summed E-state index contributed by atoms with van der Waals surface area (Å²) in [5, 5.41) is 3.21. The predicted molar refractivity (Wildman–Crippen MR) is 159 cm³/mol. The largest absolute Gasteiger partial charge is 0.495 e. The van der Waals surface area contributed by atoms with Crippen LogP contribution in [0.4, 0.5) is 5.69 Å². The van der Waals surface area contributed by atoms with E-state index < -0.39 is 28.5 Å². The van der Waals surface area contributed by atoms with E-state index in [1.807, 2.05) is 68.4 Å². The van der Waals surface area contributed by atoms with Gasteiger partial charge in [0.05, 0.1) is 19.1 Å². The molecular weight excluding hydrogens is 550 g/mol. The van der Waals surface area contributed by atoms with Gasteiger partial charge < -0.3 is 15.0 Å². The minimum absolute atomic E-state index is 0.118. The van der Waals surface area contributed by atoms with Crippen molar-refractivity contribution in [3.8, 4) is 5.75 Å². The van der Waals surface area contributed by atoms with Crippen molar-refractivity contribution in [1.29, 1.82) is 0 Å². The lowest BCUT2D eigenvalue weighted by atomic mass is 10.0. The van der Waals surface area contributed by atoms with E-state index in [1.54, 1.807) is 12.1 Å². The first-order valence-electron chi connectivity index (χ1n) is 13.0. The highest BCUT2D eigenvalue weighted by Crippen LogP contribution is 2.33. The highest BCUT2D eigenvalue weighted by molar-refractivity contribution is 7.92. The monoisotopic (exact) mass is 585 g/mol. The molecule has 3 rings (SSSR count). The van der Waals surface area contributed by atoms with Crippen LogP contribution < -0.4 is 14.4 Å². The molecule has 0 spiro atoms. The van der Waals surface area contributed by atoms with Crippen LogP contribution in [-0.2, 0) is 32.6 Å². The molecule has 0 saturated carbocycles. The number of nitrogens with zero attached hydrogens (tertiary/aromatic N) is 2. The second-order valence-corrected chi connectivity index (χ2v) is 11.9. The molecule has 1 atom stereocenters. The van der Waals surface area contributed by atoms with E-state index in [0.717, 1.165) is 33.7 Å². The summed E-state index contributed by atoms with van der Waals surface area (Å²) in [6, 6.07) is 20.7. The zero-order chi connectivity index (χ0) is 29.3. The fourth-order valence-electron chi connectivity index (χ4n) is 4.34. The summed E-state index contributed by atoms with van der Waals surface area (Å²) in [6.45, 7) is 3.90. The Kier molecular flexibility index (Phi) is 11.0. The van der Waals surface area contributed by atoms with Crippen LogP contribution in [0.5, 0.6) is 5.75 Å². The van der Waals surface area contributed by atoms with Crippen LogP contribution in [0.1, 0.15) is 30.0 Å². The molecule has 40 heavy (non-hydrogen) atoms. The number of benzene rings is 3. The van der Waals surface area contributed by atoms with Gasteiger partial charge in [0.1, 0.15) is 18.3 Å². The van der Waals surface area contributed by atoms with Crippen LogP contribution in [0.3, 0.4) is 0 Å². The lowest BCUT2D eigenvalue weighted by molar-refractivity contribution is -0.140. The van der Waals surface area contributed by atoms with E-state index >= 15 is 0 Å². The quantitative estimate of drug-likeness (QED) is 0.317. The maximum absolute atomic E-state index is 14.1. The van der Waals surface area contributed by atoms with Gasteiger partial charge in [-0.05, 0) is 48.2 Å². The summed E-state index contributed by atoms with van der Waals surface area (Å²) >= 11 is 6.20. The Morgan fingerprint density at radius 2 is 1.70 bits per heavy atom. The summed E-state index contributed by atoms with van der Waals surface area (Å²) in [4.78, 5) is 29.2. The van der Waals surface area contributed by atoms with Gasteiger partial charge in [0.15, 0.2) is 0 Å². The number of sulfonamides is 1. The Morgan fingerprint density at radius 3 is 2.33 bits per heavy atom. The van der Waals surface area contributed by atoms with Crippen molar-refractivity contribution in [2.24, 2.45) is 0 Å². The number of rotatable bonds is 13. The molecule has 2 amide bonds. The third-order valence-corrected chi connectivity index (χ3v) is 7.87. The van der Waals surface area contributed by atoms with Crippen molar-refractivity contribution in [3.63, 3.8) is 0 Å². The fraction of sp³-hybridized carbons (Fsp3) is 0.333. The number of amides is 2. The van der Waals surface area contributed by atoms with E-state index in [-0.39, 0.29) is 35.3 Å². The van der Waals surface area contributed by atoms with Gasteiger partial charge in [-0.15, -0.1) is 0 Å². The van der Waals surface area contributed by atoms with E-state index in [9.17, 15) is 18.0 Å². The molecule has 3 aromatic carbocycles. The van der Waals surface area contributed by atoms with E-state index in [2.05, 4.69) is 5.32 Å². The maximum atomic E-state index is 14.1. The number of carbonyl (C=O) groups is 2. The number of hydrogen-bond donors (Lipinski definition) is 1. The van der Waals surface area contributed by atoms with Crippen molar-refractivity contribution < 1.29 is 22.7 Å². The highest BCUT2D eigenvalue weighted by atomic mass is 35.5. The minimum Gasteiger partial charge on any atom is -0.495 e. The average Bonchev–Trinajstić information content (AvgIpc) is 2.93. The van der Waals surface area contributed by atoms with Gasteiger partial charge in [-0.2, -0.15) is 0 Å². The number of carbonyl (C=O) groups excluding carboxylic acids is 2. The van der Waals surface area contributed by atoms with Gasteiger partial charge in [-0.25, -0.2) is 8.42 Å². The summed E-state index contributed by atoms with van der Waals surface area (Å²) in [6.07, 6.45) is 2.00. The molecule has 0 heterocycles. The molecule has 10 heteroatoms. The number of ether oxygens (including phenoxy) is 1. The molecule has 0 aliphatic heterocycles. The first-order valence-corrected chi connectivity index (χ1v) is 15.2. The molecule has 214 valence electrons. The summed E-state index contributed by atoms with van der Waals surface area (Å²) in [5.74, 6) is -0.600. The topological polar surface area (TPSA) is 96.0 Å². The summed E-state index contributed by atoms with van der Waals surface area (Å²) < 4.78 is 32.3. The molecule has 0 saturated heterocycles. The normalized spacial score (nSPS) is 11.9. The molecule has 0 bridgehead atoms. The van der Waals surface area contributed by atoms with E-state index in [0.29, 0.717) is 6.54 Å². The number of halogens is 1. The molecule has 0 aliphatic rings. The Morgan fingerprint density at radius 1 is 1.02 bits per heavy atom. The van der Waals surface area contributed by atoms with Crippen LogP contribution in [0, 0.1) is 6.92 Å². The van der Waals surface area contributed by atoms with Crippen molar-refractivity contribution in [2.45, 2.75) is 39.3 Å². The second-order valence-electron chi connectivity index (χ2n) is 9.53. The summed E-state index contributed by atoms with van der Waals surface area (Å²) in [5.41, 5.74) is 2.81. The third kappa shape index (κ3) is 8.22. The van der Waals surface area contributed by atoms with Gasteiger partial charge in [-0.1, -0.05) is 73.1 Å². The first kappa shape index (κ1) is 31.0. The predicted octanol–water partition coefficient (Wildman–Crippen LogP) is 4.59. The SMILES string of the molecule is CCCNC(=O)[C@H](Cc1ccccc1)N(Cc1ccccc1C)C(=O)CN(c1cc(Cl)ccc1OC)S(C)(=O)=O. The minimum atomic E-state index is -3.95. The zero-order valence-electron chi connectivity index (χ0n) is 23.3. The van der Waals surface area contributed by atoms with Gasteiger partial charge in [0.2, 0.25) is 21.8 Å². The van der Waals surface area contributed by atoms with Crippen molar-refractivity contribution in [2.75, 3.05) is 30.8 Å².